The van der Waals surface area contributed by atoms with Crippen LogP contribution in [0.4, 0.5) is 5.69 Å². The first-order valence-corrected chi connectivity index (χ1v) is 10.8. The molecule has 2 aliphatic rings. The second-order valence-corrected chi connectivity index (χ2v) is 9.56. The van der Waals surface area contributed by atoms with Gasteiger partial charge in [-0.05, 0) is 67.1 Å². The number of carbonyl (C=O) groups excluding carboxylic acids is 1. The summed E-state index contributed by atoms with van der Waals surface area (Å²) in [4.78, 5) is 13.1. The smallest absolute Gasteiger partial charge is 0.253 e. The van der Waals surface area contributed by atoms with Crippen molar-refractivity contribution < 1.29 is 4.79 Å². The highest BCUT2D eigenvalue weighted by molar-refractivity contribution is 6.01. The molecule has 30 heavy (non-hydrogen) atoms. The van der Waals surface area contributed by atoms with E-state index in [0.717, 1.165) is 17.7 Å². The van der Waals surface area contributed by atoms with Gasteiger partial charge < -0.3 is 10.6 Å². The fraction of sp³-hybridized carbons (Fsp3) is 0.296. The Labute approximate surface area is 178 Å². The highest BCUT2D eigenvalue weighted by atomic mass is 16.1. The first-order valence-electron chi connectivity index (χ1n) is 10.8. The lowest BCUT2D eigenvalue weighted by molar-refractivity contribution is 0.0920. The minimum absolute atomic E-state index is 0.0236. The van der Waals surface area contributed by atoms with Gasteiger partial charge in [-0.2, -0.15) is 0 Å². The number of rotatable bonds is 2. The Kier molecular flexibility index (Phi) is 4.43. The van der Waals surface area contributed by atoms with E-state index in [4.69, 9.17) is 0 Å². The SMILES string of the molecule is CC(C)(C)NC(=O)c1cccc2c1NC(c1ccc3ccccc3c1)C1CC=CC21. The van der Waals surface area contributed by atoms with E-state index in [0.29, 0.717) is 11.8 Å². The van der Waals surface area contributed by atoms with Crippen LogP contribution in [0, 0.1) is 5.92 Å². The monoisotopic (exact) mass is 396 g/mol. The number of nitrogens with one attached hydrogen (secondary N) is 2. The molecule has 0 radical (unpaired) electrons. The van der Waals surface area contributed by atoms with E-state index in [1.807, 2.05) is 32.9 Å². The highest BCUT2D eigenvalue weighted by Crippen LogP contribution is 2.50. The largest absolute Gasteiger partial charge is 0.377 e. The van der Waals surface area contributed by atoms with E-state index in [1.165, 1.54) is 21.9 Å². The van der Waals surface area contributed by atoms with Gasteiger partial charge in [0, 0.05) is 11.5 Å². The van der Waals surface area contributed by atoms with Crippen molar-refractivity contribution in [1.82, 2.24) is 5.32 Å². The van der Waals surface area contributed by atoms with Crippen molar-refractivity contribution in [1.29, 1.82) is 0 Å². The topological polar surface area (TPSA) is 41.1 Å². The molecule has 2 N–H and O–H groups in total. The molecule has 1 heterocycles. The van der Waals surface area contributed by atoms with Gasteiger partial charge in [0.2, 0.25) is 0 Å². The van der Waals surface area contributed by atoms with Gasteiger partial charge in [-0.1, -0.05) is 60.7 Å². The van der Waals surface area contributed by atoms with Gasteiger partial charge in [-0.25, -0.2) is 0 Å². The van der Waals surface area contributed by atoms with Crippen LogP contribution in [-0.2, 0) is 0 Å². The van der Waals surface area contributed by atoms with Gasteiger partial charge in [0.25, 0.3) is 5.91 Å². The predicted octanol–water partition coefficient (Wildman–Crippen LogP) is 6.19. The number of hydrogen-bond acceptors (Lipinski definition) is 2. The first-order chi connectivity index (χ1) is 14.4. The zero-order chi connectivity index (χ0) is 20.9. The Bertz CT molecular complexity index is 1150. The van der Waals surface area contributed by atoms with E-state index >= 15 is 0 Å². The van der Waals surface area contributed by atoms with Crippen LogP contribution in [0.5, 0.6) is 0 Å². The second kappa shape index (κ2) is 7.02. The molecule has 3 aromatic rings. The summed E-state index contributed by atoms with van der Waals surface area (Å²) in [5.41, 5.74) is 3.94. The van der Waals surface area contributed by atoms with Crippen LogP contribution in [0.25, 0.3) is 10.8 Å². The number of carbonyl (C=O) groups is 1. The third-order valence-corrected chi connectivity index (χ3v) is 6.26. The van der Waals surface area contributed by atoms with Crippen LogP contribution in [0.3, 0.4) is 0 Å². The maximum absolute atomic E-state index is 13.1. The number of benzene rings is 3. The van der Waals surface area contributed by atoms with E-state index in [2.05, 4.69) is 71.3 Å². The molecule has 3 atom stereocenters. The lowest BCUT2D eigenvalue weighted by Gasteiger charge is -2.38. The summed E-state index contributed by atoms with van der Waals surface area (Å²) in [5, 5.41) is 9.42. The minimum atomic E-state index is -0.276. The summed E-state index contributed by atoms with van der Waals surface area (Å²) in [6, 6.07) is 21.5. The summed E-state index contributed by atoms with van der Waals surface area (Å²) in [6.07, 6.45) is 5.67. The molecule has 1 aliphatic heterocycles. The fourth-order valence-corrected chi connectivity index (χ4v) is 4.95. The lowest BCUT2D eigenvalue weighted by atomic mass is 9.76. The van der Waals surface area contributed by atoms with Crippen LogP contribution in [0.1, 0.15) is 60.6 Å². The molecule has 0 spiro atoms. The van der Waals surface area contributed by atoms with Crippen molar-refractivity contribution >= 4 is 22.4 Å². The summed E-state index contributed by atoms with van der Waals surface area (Å²) in [5.74, 6) is 0.768. The van der Waals surface area contributed by atoms with Crippen molar-refractivity contribution in [3.8, 4) is 0 Å². The van der Waals surface area contributed by atoms with Crippen molar-refractivity contribution in [2.24, 2.45) is 5.92 Å². The number of allylic oxidation sites excluding steroid dienone is 2. The number of hydrogen-bond donors (Lipinski definition) is 2. The molecule has 152 valence electrons. The van der Waals surface area contributed by atoms with E-state index in [-0.39, 0.29) is 17.5 Å². The van der Waals surface area contributed by atoms with Crippen molar-refractivity contribution in [3.05, 3.63) is 89.5 Å². The number of fused-ring (bicyclic) bond motifs is 4. The Morgan fingerprint density at radius 3 is 2.60 bits per heavy atom. The number of para-hydroxylation sites is 1. The standard InChI is InChI=1S/C27H28N2O/c1-27(2,3)29-26(30)23-13-7-12-22-20-10-6-11-21(20)24(28-25(22)23)19-15-14-17-8-4-5-9-18(17)16-19/h4-10,12-16,20-21,24,28H,11H2,1-3H3,(H,29,30). The number of amides is 1. The van der Waals surface area contributed by atoms with Gasteiger partial charge >= 0.3 is 0 Å². The van der Waals surface area contributed by atoms with Gasteiger partial charge in [-0.3, -0.25) is 4.79 Å². The molecule has 0 aromatic heterocycles. The van der Waals surface area contributed by atoms with E-state index in [1.54, 1.807) is 0 Å². The Balaban J connectivity index is 1.58. The molecule has 1 aliphatic carbocycles. The van der Waals surface area contributed by atoms with Gasteiger partial charge in [0.15, 0.2) is 0 Å². The molecule has 3 aromatic carbocycles. The maximum Gasteiger partial charge on any atom is 0.253 e. The van der Waals surface area contributed by atoms with Crippen molar-refractivity contribution in [3.63, 3.8) is 0 Å². The Hall–Kier alpha value is -3.07. The van der Waals surface area contributed by atoms with E-state index < -0.39 is 0 Å². The molecule has 3 unspecified atom stereocenters. The molecule has 3 heteroatoms. The van der Waals surface area contributed by atoms with Gasteiger partial charge in [0.1, 0.15) is 0 Å². The van der Waals surface area contributed by atoms with Gasteiger partial charge in [-0.15, -0.1) is 0 Å². The zero-order valence-corrected chi connectivity index (χ0v) is 17.8. The molecule has 1 amide bonds. The van der Waals surface area contributed by atoms with Crippen molar-refractivity contribution in [2.45, 2.75) is 44.7 Å². The third kappa shape index (κ3) is 3.28. The maximum atomic E-state index is 13.1. The normalized spacial score (nSPS) is 22.3. The second-order valence-electron chi connectivity index (χ2n) is 9.56. The minimum Gasteiger partial charge on any atom is -0.377 e. The van der Waals surface area contributed by atoms with E-state index in [9.17, 15) is 4.79 Å². The van der Waals surface area contributed by atoms with Crippen LogP contribution in [0.2, 0.25) is 0 Å². The number of anilines is 1. The fourth-order valence-electron chi connectivity index (χ4n) is 4.95. The highest BCUT2D eigenvalue weighted by Gasteiger charge is 2.39. The lowest BCUT2D eigenvalue weighted by Crippen LogP contribution is -2.41. The molecule has 0 saturated heterocycles. The summed E-state index contributed by atoms with van der Waals surface area (Å²) < 4.78 is 0. The quantitative estimate of drug-likeness (QED) is 0.507. The van der Waals surface area contributed by atoms with Crippen LogP contribution >= 0.6 is 0 Å². The molecule has 0 saturated carbocycles. The zero-order valence-electron chi connectivity index (χ0n) is 17.8. The Morgan fingerprint density at radius 1 is 1.00 bits per heavy atom. The van der Waals surface area contributed by atoms with Crippen LogP contribution in [0.15, 0.2) is 72.8 Å². The summed E-state index contributed by atoms with van der Waals surface area (Å²) >= 11 is 0. The molecule has 0 fully saturated rings. The van der Waals surface area contributed by atoms with Crippen LogP contribution in [-0.4, -0.2) is 11.4 Å². The third-order valence-electron chi connectivity index (χ3n) is 6.26. The molecule has 3 nitrogen and oxygen atoms in total. The van der Waals surface area contributed by atoms with Gasteiger partial charge in [0.05, 0.1) is 17.3 Å². The molecule has 0 bridgehead atoms. The average Bonchev–Trinajstić information content (AvgIpc) is 3.21. The first kappa shape index (κ1) is 18.9. The molecule has 5 rings (SSSR count). The Morgan fingerprint density at radius 2 is 1.80 bits per heavy atom. The summed E-state index contributed by atoms with van der Waals surface area (Å²) in [7, 11) is 0. The van der Waals surface area contributed by atoms with Crippen LogP contribution < -0.4 is 10.6 Å². The van der Waals surface area contributed by atoms with Crippen molar-refractivity contribution in [2.75, 3.05) is 5.32 Å². The summed E-state index contributed by atoms with van der Waals surface area (Å²) in [6.45, 7) is 6.05. The molecular formula is C27H28N2O. The predicted molar refractivity (Wildman–Crippen MR) is 124 cm³/mol. The molecular weight excluding hydrogens is 368 g/mol. The average molecular weight is 397 g/mol.